The van der Waals surface area contributed by atoms with Crippen LogP contribution in [0.3, 0.4) is 0 Å². The summed E-state index contributed by atoms with van der Waals surface area (Å²) in [4.78, 5) is 22.9. The molecule has 15 heavy (non-hydrogen) atoms. The van der Waals surface area contributed by atoms with Crippen LogP contribution in [0.5, 0.6) is 0 Å². The topological polar surface area (TPSA) is 46.2 Å². The van der Waals surface area contributed by atoms with Gasteiger partial charge in [-0.2, -0.15) is 0 Å². The molecular weight excluding hydrogens is 214 g/mol. The van der Waals surface area contributed by atoms with E-state index in [-0.39, 0.29) is 17.7 Å². The van der Waals surface area contributed by atoms with Gasteiger partial charge in [0.05, 0.1) is 11.1 Å². The average molecular weight is 224 g/mol. The smallest absolute Gasteiger partial charge is 0.259 e. The molecule has 78 valence electrons. The Kier molecular flexibility index (Phi) is 2.27. The van der Waals surface area contributed by atoms with E-state index < -0.39 is 0 Å². The van der Waals surface area contributed by atoms with Gasteiger partial charge in [0.15, 0.2) is 0 Å². The zero-order valence-electron chi connectivity index (χ0n) is 8.43. The third-order valence-electron chi connectivity index (χ3n) is 2.47. The maximum atomic E-state index is 11.6. The van der Waals surface area contributed by atoms with Crippen LogP contribution in [0.1, 0.15) is 46.0 Å². The van der Waals surface area contributed by atoms with Crippen molar-refractivity contribution in [3.63, 3.8) is 0 Å². The Morgan fingerprint density at radius 2 is 1.87 bits per heavy atom. The van der Waals surface area contributed by atoms with Gasteiger partial charge in [-0.3, -0.25) is 14.9 Å². The van der Waals surface area contributed by atoms with Crippen LogP contribution in [0.4, 0.5) is 0 Å². The minimum Gasteiger partial charge on any atom is -0.288 e. The number of halogens is 1. The van der Waals surface area contributed by atoms with Gasteiger partial charge in [0.1, 0.15) is 0 Å². The van der Waals surface area contributed by atoms with Crippen molar-refractivity contribution >= 4 is 23.4 Å². The lowest BCUT2D eigenvalue weighted by Crippen LogP contribution is -2.20. The first-order chi connectivity index (χ1) is 7.02. The number of carbonyl (C=O) groups excluding carboxylic acids is 2. The summed E-state index contributed by atoms with van der Waals surface area (Å²) in [5.74, 6) is -0.570. The van der Waals surface area contributed by atoms with Crippen LogP contribution in [-0.2, 0) is 0 Å². The molecule has 0 aliphatic carbocycles. The molecular formula is C11H10ClNO2. The van der Waals surface area contributed by atoms with E-state index in [1.807, 2.05) is 13.8 Å². The van der Waals surface area contributed by atoms with Crippen LogP contribution in [0.2, 0.25) is 5.02 Å². The first-order valence-electron chi connectivity index (χ1n) is 4.70. The summed E-state index contributed by atoms with van der Waals surface area (Å²) in [6.07, 6.45) is 0. The molecule has 1 aliphatic rings. The first kappa shape index (κ1) is 10.2. The molecule has 0 saturated heterocycles. The minimum absolute atomic E-state index is 0.115. The van der Waals surface area contributed by atoms with Crippen LogP contribution in [0.25, 0.3) is 0 Å². The lowest BCUT2D eigenvalue weighted by Gasteiger charge is -2.11. The second-order valence-corrected chi connectivity index (χ2v) is 4.23. The van der Waals surface area contributed by atoms with E-state index in [1.165, 1.54) is 0 Å². The Morgan fingerprint density at radius 1 is 1.20 bits per heavy atom. The van der Waals surface area contributed by atoms with Gasteiger partial charge in [0, 0.05) is 5.02 Å². The van der Waals surface area contributed by atoms with E-state index in [4.69, 9.17) is 11.6 Å². The molecule has 0 saturated carbocycles. The van der Waals surface area contributed by atoms with Crippen molar-refractivity contribution in [1.29, 1.82) is 0 Å². The Labute approximate surface area is 92.4 Å². The molecule has 0 aromatic heterocycles. The summed E-state index contributed by atoms with van der Waals surface area (Å²) in [6.45, 7) is 3.88. The van der Waals surface area contributed by atoms with Crippen LogP contribution in [-0.4, -0.2) is 11.8 Å². The summed E-state index contributed by atoms with van der Waals surface area (Å²) < 4.78 is 0. The van der Waals surface area contributed by atoms with Crippen molar-refractivity contribution in [3.8, 4) is 0 Å². The molecule has 1 aromatic rings. The number of rotatable bonds is 1. The summed E-state index contributed by atoms with van der Waals surface area (Å²) in [6, 6.07) is 3.25. The van der Waals surface area contributed by atoms with Gasteiger partial charge < -0.3 is 0 Å². The Morgan fingerprint density at radius 3 is 2.47 bits per heavy atom. The summed E-state index contributed by atoms with van der Waals surface area (Å²) in [5.41, 5.74) is 1.60. The van der Waals surface area contributed by atoms with Gasteiger partial charge in [-0.05, 0) is 23.6 Å². The summed E-state index contributed by atoms with van der Waals surface area (Å²) in [7, 11) is 0. The van der Waals surface area contributed by atoms with Gasteiger partial charge in [0.25, 0.3) is 11.8 Å². The number of carbonyl (C=O) groups is 2. The van der Waals surface area contributed by atoms with E-state index in [0.717, 1.165) is 5.56 Å². The molecule has 3 nitrogen and oxygen atoms in total. The largest absolute Gasteiger partial charge is 0.288 e. The molecule has 1 aromatic carbocycles. The molecule has 2 rings (SSSR count). The molecule has 4 heteroatoms. The van der Waals surface area contributed by atoms with Gasteiger partial charge in [-0.25, -0.2) is 0 Å². The number of amides is 2. The van der Waals surface area contributed by atoms with Gasteiger partial charge in [-0.15, -0.1) is 0 Å². The SMILES string of the molecule is CC(C)c1c(Cl)ccc2c1C(=O)NC2=O. The highest BCUT2D eigenvalue weighted by atomic mass is 35.5. The quantitative estimate of drug-likeness (QED) is 0.743. The Bertz CT molecular complexity index is 466. The highest BCUT2D eigenvalue weighted by molar-refractivity contribution is 6.33. The highest BCUT2D eigenvalue weighted by Crippen LogP contribution is 2.32. The fourth-order valence-corrected chi connectivity index (χ4v) is 2.20. The second kappa shape index (κ2) is 3.35. The summed E-state index contributed by atoms with van der Waals surface area (Å²) >= 11 is 6.02. The number of nitrogens with one attached hydrogen (secondary N) is 1. The minimum atomic E-state index is -0.346. The second-order valence-electron chi connectivity index (χ2n) is 3.82. The highest BCUT2D eigenvalue weighted by Gasteiger charge is 2.31. The lowest BCUT2D eigenvalue weighted by atomic mass is 9.94. The molecule has 1 N–H and O–H groups in total. The molecule has 0 fully saturated rings. The van der Waals surface area contributed by atoms with Crippen molar-refractivity contribution < 1.29 is 9.59 Å². The zero-order valence-corrected chi connectivity index (χ0v) is 9.18. The van der Waals surface area contributed by atoms with Crippen molar-refractivity contribution in [3.05, 3.63) is 33.8 Å². The third-order valence-corrected chi connectivity index (χ3v) is 2.80. The van der Waals surface area contributed by atoms with E-state index in [1.54, 1.807) is 12.1 Å². The number of imide groups is 1. The van der Waals surface area contributed by atoms with Crippen LogP contribution < -0.4 is 5.32 Å². The van der Waals surface area contributed by atoms with Crippen LogP contribution >= 0.6 is 11.6 Å². The van der Waals surface area contributed by atoms with E-state index in [2.05, 4.69) is 5.32 Å². The molecule has 0 radical (unpaired) electrons. The van der Waals surface area contributed by atoms with Crippen molar-refractivity contribution in [2.24, 2.45) is 0 Å². The zero-order chi connectivity index (χ0) is 11.2. The molecule has 1 aliphatic heterocycles. The molecule has 2 amide bonds. The predicted molar refractivity (Wildman–Crippen MR) is 57.3 cm³/mol. The summed E-state index contributed by atoms with van der Waals surface area (Å²) in [5, 5.41) is 2.80. The number of fused-ring (bicyclic) bond motifs is 1. The van der Waals surface area contributed by atoms with Crippen molar-refractivity contribution in [1.82, 2.24) is 5.32 Å². The fourth-order valence-electron chi connectivity index (χ4n) is 1.83. The molecule has 0 unspecified atom stereocenters. The maximum Gasteiger partial charge on any atom is 0.259 e. The van der Waals surface area contributed by atoms with Gasteiger partial charge in [-0.1, -0.05) is 25.4 Å². The predicted octanol–water partition coefficient (Wildman–Crippen LogP) is 2.35. The van der Waals surface area contributed by atoms with E-state index in [0.29, 0.717) is 16.1 Å². The third kappa shape index (κ3) is 1.43. The van der Waals surface area contributed by atoms with E-state index in [9.17, 15) is 9.59 Å². The van der Waals surface area contributed by atoms with Gasteiger partial charge >= 0.3 is 0 Å². The van der Waals surface area contributed by atoms with Crippen molar-refractivity contribution in [2.45, 2.75) is 19.8 Å². The Hall–Kier alpha value is -1.35. The lowest BCUT2D eigenvalue weighted by molar-refractivity contribution is 0.0879. The number of hydrogen-bond donors (Lipinski definition) is 1. The molecule has 0 spiro atoms. The maximum absolute atomic E-state index is 11.6. The first-order valence-corrected chi connectivity index (χ1v) is 5.08. The normalized spacial score (nSPS) is 14.4. The van der Waals surface area contributed by atoms with Crippen LogP contribution in [0.15, 0.2) is 12.1 Å². The molecule has 0 bridgehead atoms. The van der Waals surface area contributed by atoms with Gasteiger partial charge in [0.2, 0.25) is 0 Å². The molecule has 0 atom stereocenters. The fraction of sp³-hybridized carbons (Fsp3) is 0.273. The average Bonchev–Trinajstić information content (AvgIpc) is 2.41. The van der Waals surface area contributed by atoms with Crippen LogP contribution in [0, 0.1) is 0 Å². The number of hydrogen-bond acceptors (Lipinski definition) is 2. The van der Waals surface area contributed by atoms with Crippen molar-refractivity contribution in [2.75, 3.05) is 0 Å². The number of benzene rings is 1. The molecule has 1 heterocycles. The Balaban J connectivity index is 2.76. The standard InChI is InChI=1S/C11H10ClNO2/c1-5(2)8-7(12)4-3-6-9(8)11(15)13-10(6)14/h3-5H,1-2H3,(H,13,14,15). The van der Waals surface area contributed by atoms with E-state index >= 15 is 0 Å². The monoisotopic (exact) mass is 223 g/mol.